The summed E-state index contributed by atoms with van der Waals surface area (Å²) in [5.41, 5.74) is 2.95. The van der Waals surface area contributed by atoms with Crippen LogP contribution in [-0.4, -0.2) is 10.9 Å². The van der Waals surface area contributed by atoms with Crippen molar-refractivity contribution in [3.8, 4) is 0 Å². The van der Waals surface area contributed by atoms with E-state index in [1.165, 1.54) is 5.56 Å². The van der Waals surface area contributed by atoms with Gasteiger partial charge in [0.25, 0.3) is 0 Å². The smallest absolute Gasteiger partial charge is 0.192 e. The maximum atomic E-state index is 5.65. The van der Waals surface area contributed by atoms with E-state index < -0.39 is 0 Å². The predicted octanol–water partition coefficient (Wildman–Crippen LogP) is 2.92. The zero-order valence-corrected chi connectivity index (χ0v) is 8.14. The highest BCUT2D eigenvalue weighted by Crippen LogP contribution is 2.17. The molecule has 0 spiro atoms. The van der Waals surface area contributed by atoms with E-state index in [0.717, 1.165) is 17.5 Å². The van der Waals surface area contributed by atoms with E-state index in [1.807, 2.05) is 25.1 Å². The molecule has 0 saturated heterocycles. The number of benzene rings is 1. The van der Waals surface area contributed by atoms with Crippen LogP contribution < -0.4 is 0 Å². The Balaban J connectivity index is 2.48. The zero-order valence-electron chi connectivity index (χ0n) is 7.38. The maximum Gasteiger partial charge on any atom is 0.192 e. The summed E-state index contributed by atoms with van der Waals surface area (Å²) < 4.78 is 5.40. The lowest BCUT2D eigenvalue weighted by molar-refractivity contribution is 0.561. The highest BCUT2D eigenvalue weighted by molar-refractivity contribution is 6.18. The first-order valence-electron chi connectivity index (χ1n) is 4.21. The fourth-order valence-electron chi connectivity index (χ4n) is 1.35. The van der Waals surface area contributed by atoms with Gasteiger partial charge in [0.1, 0.15) is 5.52 Å². The van der Waals surface area contributed by atoms with Crippen LogP contribution in [0.4, 0.5) is 0 Å². The second-order valence-corrected chi connectivity index (χ2v) is 3.35. The zero-order chi connectivity index (χ0) is 9.26. The SMILES string of the molecule is Cc1nc2ccc(CCCl)cc2o1. The summed E-state index contributed by atoms with van der Waals surface area (Å²) in [6.07, 6.45) is 0.872. The third-order valence-corrected chi connectivity index (χ3v) is 2.13. The standard InChI is InChI=1S/C10H10ClNO/c1-7-12-9-3-2-8(4-5-11)6-10(9)13-7/h2-3,6H,4-5H2,1H3. The van der Waals surface area contributed by atoms with Gasteiger partial charge in [-0.3, -0.25) is 0 Å². The maximum absolute atomic E-state index is 5.65. The van der Waals surface area contributed by atoms with Crippen molar-refractivity contribution in [2.45, 2.75) is 13.3 Å². The minimum absolute atomic E-state index is 0.638. The Morgan fingerprint density at radius 2 is 2.31 bits per heavy atom. The van der Waals surface area contributed by atoms with Gasteiger partial charge in [-0.2, -0.15) is 0 Å². The molecule has 13 heavy (non-hydrogen) atoms. The van der Waals surface area contributed by atoms with Crippen LogP contribution in [0, 0.1) is 6.92 Å². The molecule has 0 saturated carbocycles. The van der Waals surface area contributed by atoms with Crippen LogP contribution in [0.2, 0.25) is 0 Å². The normalized spacial score (nSPS) is 10.9. The van der Waals surface area contributed by atoms with Gasteiger partial charge >= 0.3 is 0 Å². The summed E-state index contributed by atoms with van der Waals surface area (Å²) in [6, 6.07) is 6.00. The van der Waals surface area contributed by atoms with E-state index in [-0.39, 0.29) is 0 Å². The Kier molecular flexibility index (Phi) is 2.23. The van der Waals surface area contributed by atoms with E-state index >= 15 is 0 Å². The van der Waals surface area contributed by atoms with Gasteiger partial charge in [0.15, 0.2) is 11.5 Å². The molecule has 0 amide bonds. The number of fused-ring (bicyclic) bond motifs is 1. The molecule has 0 aliphatic rings. The van der Waals surface area contributed by atoms with Crippen LogP contribution in [0.1, 0.15) is 11.5 Å². The summed E-state index contributed by atoms with van der Waals surface area (Å²) in [6.45, 7) is 1.85. The van der Waals surface area contributed by atoms with Gasteiger partial charge in [-0.25, -0.2) is 4.98 Å². The lowest BCUT2D eigenvalue weighted by atomic mass is 10.1. The van der Waals surface area contributed by atoms with Crippen molar-refractivity contribution in [1.29, 1.82) is 0 Å². The average molecular weight is 196 g/mol. The fraction of sp³-hybridized carbons (Fsp3) is 0.300. The minimum atomic E-state index is 0.638. The molecule has 0 radical (unpaired) electrons. The number of alkyl halides is 1. The van der Waals surface area contributed by atoms with Crippen molar-refractivity contribution in [3.05, 3.63) is 29.7 Å². The summed E-state index contributed by atoms with van der Waals surface area (Å²) in [4.78, 5) is 4.21. The Labute approximate surface area is 81.5 Å². The molecule has 3 heteroatoms. The van der Waals surface area contributed by atoms with Crippen LogP contribution in [0.15, 0.2) is 22.6 Å². The monoisotopic (exact) mass is 195 g/mol. The lowest BCUT2D eigenvalue weighted by Gasteiger charge is -1.94. The highest BCUT2D eigenvalue weighted by Gasteiger charge is 2.02. The molecule has 68 valence electrons. The molecule has 0 atom stereocenters. The van der Waals surface area contributed by atoms with Crippen LogP contribution >= 0.6 is 11.6 Å². The average Bonchev–Trinajstić information content (AvgIpc) is 2.44. The summed E-state index contributed by atoms with van der Waals surface area (Å²) >= 11 is 5.65. The van der Waals surface area contributed by atoms with Gasteiger partial charge in [0, 0.05) is 12.8 Å². The Morgan fingerprint density at radius 1 is 1.46 bits per heavy atom. The summed E-state index contributed by atoms with van der Waals surface area (Å²) in [5.74, 6) is 1.34. The molecule has 1 heterocycles. The van der Waals surface area contributed by atoms with E-state index in [4.69, 9.17) is 16.0 Å². The molecule has 0 bridgehead atoms. The topological polar surface area (TPSA) is 26.0 Å². The van der Waals surface area contributed by atoms with Gasteiger partial charge in [-0.1, -0.05) is 6.07 Å². The van der Waals surface area contributed by atoms with Crippen LogP contribution in [0.5, 0.6) is 0 Å². The number of oxazole rings is 1. The van der Waals surface area contributed by atoms with Gasteiger partial charge < -0.3 is 4.42 Å². The summed E-state index contributed by atoms with van der Waals surface area (Å²) in [7, 11) is 0. The Morgan fingerprint density at radius 3 is 3.08 bits per heavy atom. The lowest BCUT2D eigenvalue weighted by Crippen LogP contribution is -1.84. The number of nitrogens with zero attached hydrogens (tertiary/aromatic N) is 1. The first-order valence-corrected chi connectivity index (χ1v) is 4.75. The Bertz CT molecular complexity index is 422. The van der Waals surface area contributed by atoms with Gasteiger partial charge in [-0.05, 0) is 24.1 Å². The third-order valence-electron chi connectivity index (χ3n) is 1.94. The van der Waals surface area contributed by atoms with Crippen molar-refractivity contribution in [3.63, 3.8) is 0 Å². The number of hydrogen-bond acceptors (Lipinski definition) is 2. The number of aryl methyl sites for hydroxylation is 2. The van der Waals surface area contributed by atoms with Crippen LogP contribution in [0.3, 0.4) is 0 Å². The Hall–Kier alpha value is -1.02. The van der Waals surface area contributed by atoms with Gasteiger partial charge in [-0.15, -0.1) is 11.6 Å². The predicted molar refractivity (Wildman–Crippen MR) is 53.2 cm³/mol. The molecule has 1 aromatic heterocycles. The highest BCUT2D eigenvalue weighted by atomic mass is 35.5. The molecule has 1 aromatic carbocycles. The molecule has 0 N–H and O–H groups in total. The molecule has 2 rings (SSSR count). The third kappa shape index (κ3) is 1.68. The van der Waals surface area contributed by atoms with Crippen LogP contribution in [-0.2, 0) is 6.42 Å². The molecule has 2 nitrogen and oxygen atoms in total. The first kappa shape index (κ1) is 8.57. The fourth-order valence-corrected chi connectivity index (χ4v) is 1.57. The molecule has 0 fully saturated rings. The second-order valence-electron chi connectivity index (χ2n) is 2.97. The van der Waals surface area contributed by atoms with E-state index in [0.29, 0.717) is 11.8 Å². The van der Waals surface area contributed by atoms with Crippen molar-refractivity contribution in [2.24, 2.45) is 0 Å². The quantitative estimate of drug-likeness (QED) is 0.689. The number of rotatable bonds is 2. The molecule has 2 aromatic rings. The number of aromatic nitrogens is 1. The molecule has 0 aliphatic heterocycles. The van der Waals surface area contributed by atoms with Crippen LogP contribution in [0.25, 0.3) is 11.1 Å². The number of halogens is 1. The molecular formula is C10H10ClNO. The minimum Gasteiger partial charge on any atom is -0.441 e. The van der Waals surface area contributed by atoms with E-state index in [9.17, 15) is 0 Å². The van der Waals surface area contributed by atoms with Crippen molar-refractivity contribution in [2.75, 3.05) is 5.88 Å². The summed E-state index contributed by atoms with van der Waals surface area (Å²) in [5, 5.41) is 0. The van der Waals surface area contributed by atoms with E-state index in [2.05, 4.69) is 4.98 Å². The number of hydrogen-bond donors (Lipinski definition) is 0. The van der Waals surface area contributed by atoms with E-state index in [1.54, 1.807) is 0 Å². The largest absolute Gasteiger partial charge is 0.441 e. The van der Waals surface area contributed by atoms with Gasteiger partial charge in [0.2, 0.25) is 0 Å². The van der Waals surface area contributed by atoms with Crippen molar-refractivity contribution in [1.82, 2.24) is 4.98 Å². The first-order chi connectivity index (χ1) is 6.29. The molecular weight excluding hydrogens is 186 g/mol. The molecule has 0 aliphatic carbocycles. The molecule has 0 unspecified atom stereocenters. The van der Waals surface area contributed by atoms with Gasteiger partial charge in [0.05, 0.1) is 0 Å². The van der Waals surface area contributed by atoms with Crippen molar-refractivity contribution < 1.29 is 4.42 Å². The van der Waals surface area contributed by atoms with Crippen molar-refractivity contribution >= 4 is 22.7 Å². The second kappa shape index (κ2) is 3.38.